The molecule has 0 radical (unpaired) electrons. The largest absolute Gasteiger partial charge is 0.378 e. The highest BCUT2D eigenvalue weighted by Gasteiger charge is 2.14. The van der Waals surface area contributed by atoms with Crippen LogP contribution in [0.5, 0.6) is 0 Å². The molecule has 2 unspecified atom stereocenters. The van der Waals surface area contributed by atoms with Crippen molar-refractivity contribution in [2.45, 2.75) is 52.3 Å². The van der Waals surface area contributed by atoms with Crippen LogP contribution in [0.2, 0.25) is 0 Å². The Kier molecular flexibility index (Phi) is 9.43. The molecule has 0 aromatic rings. The summed E-state index contributed by atoms with van der Waals surface area (Å²) in [5.74, 6) is 5.83. The minimum atomic E-state index is -1.04. The Morgan fingerprint density at radius 3 is 2.55 bits per heavy atom. The first-order valence-corrected chi connectivity index (χ1v) is 7.59. The Bertz CT molecular complexity index is 440. The van der Waals surface area contributed by atoms with Crippen LogP contribution in [-0.4, -0.2) is 47.0 Å². The Hall–Kier alpha value is -1.61. The fourth-order valence-electron chi connectivity index (χ4n) is 1.57. The van der Waals surface area contributed by atoms with Gasteiger partial charge in [0, 0.05) is 19.3 Å². The zero-order valence-electron chi connectivity index (χ0n) is 14.5. The normalized spacial score (nSPS) is 14.1. The van der Waals surface area contributed by atoms with E-state index in [1.807, 2.05) is 25.7 Å². The van der Waals surface area contributed by atoms with Crippen molar-refractivity contribution in [3.05, 3.63) is 25.1 Å². The summed E-state index contributed by atoms with van der Waals surface area (Å²) in [5, 5.41) is 9.77. The molecule has 0 heterocycles. The highest BCUT2D eigenvalue weighted by Crippen LogP contribution is 2.04. The summed E-state index contributed by atoms with van der Waals surface area (Å²) in [6.07, 6.45) is 3.41. The summed E-state index contributed by atoms with van der Waals surface area (Å²) in [7, 11) is 0. The van der Waals surface area contributed by atoms with E-state index in [1.54, 1.807) is 26.3 Å². The van der Waals surface area contributed by atoms with Gasteiger partial charge in [0.2, 0.25) is 0 Å². The Morgan fingerprint density at radius 2 is 2.09 bits per heavy atom. The van der Waals surface area contributed by atoms with Crippen LogP contribution < -0.4 is 10.9 Å². The van der Waals surface area contributed by atoms with E-state index in [0.717, 1.165) is 18.8 Å². The predicted molar refractivity (Wildman–Crippen MR) is 94.3 cm³/mol. The molecule has 0 saturated carbocycles. The third-order valence-corrected chi connectivity index (χ3v) is 2.82. The first kappa shape index (κ1) is 20.4. The number of hydrogen-bond acceptors (Lipinski definition) is 5. The third-order valence-electron chi connectivity index (χ3n) is 2.82. The molecule has 0 aromatic carbocycles. The number of aliphatic imine (C=N–C) groups is 1. The van der Waals surface area contributed by atoms with Gasteiger partial charge in [0.05, 0.1) is 11.7 Å². The van der Waals surface area contributed by atoms with Gasteiger partial charge in [-0.2, -0.15) is 0 Å². The molecule has 0 bridgehead atoms. The average molecular weight is 306 g/mol. The number of nitrogens with one attached hydrogen (secondary N) is 2. The quantitative estimate of drug-likeness (QED) is 0.345. The van der Waals surface area contributed by atoms with E-state index in [1.165, 1.54) is 0 Å². The summed E-state index contributed by atoms with van der Waals surface area (Å²) in [6, 6.07) is -0.316. The third kappa shape index (κ3) is 8.63. The van der Waals surface area contributed by atoms with Crippen molar-refractivity contribution in [3.8, 4) is 11.8 Å². The number of hydrogen-bond donors (Lipinski definition) is 3. The highest BCUT2D eigenvalue weighted by molar-refractivity contribution is 5.77. The number of allylic oxidation sites excluding steroid dienone is 1. The Morgan fingerprint density at radius 1 is 1.45 bits per heavy atom. The number of nitrogens with zero attached hydrogens (tertiary/aromatic N) is 2. The van der Waals surface area contributed by atoms with E-state index in [-0.39, 0.29) is 12.1 Å². The molecule has 0 rings (SSSR count). The Balaban J connectivity index is 5.10. The lowest BCUT2D eigenvalue weighted by atomic mass is 10.1. The van der Waals surface area contributed by atoms with Crippen molar-refractivity contribution in [1.29, 1.82) is 0 Å². The van der Waals surface area contributed by atoms with E-state index in [0.29, 0.717) is 0 Å². The van der Waals surface area contributed by atoms with Crippen LogP contribution in [0, 0.1) is 11.8 Å². The summed E-state index contributed by atoms with van der Waals surface area (Å²) in [4.78, 5) is 6.39. The topological polar surface area (TPSA) is 59.9 Å². The smallest absolute Gasteiger partial charge is 0.127 e. The monoisotopic (exact) mass is 306 g/mol. The van der Waals surface area contributed by atoms with Gasteiger partial charge in [-0.15, -0.1) is 0 Å². The minimum absolute atomic E-state index is 0.0161. The van der Waals surface area contributed by atoms with Crippen LogP contribution in [0.25, 0.3) is 0 Å². The molecular weight excluding hydrogens is 276 g/mol. The van der Waals surface area contributed by atoms with E-state index >= 15 is 0 Å². The van der Waals surface area contributed by atoms with Gasteiger partial charge in [0.1, 0.15) is 11.6 Å². The summed E-state index contributed by atoms with van der Waals surface area (Å²) in [6.45, 7) is 18.6. The van der Waals surface area contributed by atoms with Crippen molar-refractivity contribution in [2.75, 3.05) is 13.1 Å². The predicted octanol–water partition coefficient (Wildman–Crippen LogP) is 1.68. The second-order valence-corrected chi connectivity index (χ2v) is 5.47. The van der Waals surface area contributed by atoms with Crippen molar-refractivity contribution in [2.24, 2.45) is 4.99 Å². The van der Waals surface area contributed by atoms with Crippen LogP contribution >= 0.6 is 0 Å². The van der Waals surface area contributed by atoms with Crippen molar-refractivity contribution in [1.82, 2.24) is 15.8 Å². The van der Waals surface area contributed by atoms with Gasteiger partial charge in [0.15, 0.2) is 0 Å². The van der Waals surface area contributed by atoms with Crippen molar-refractivity contribution < 1.29 is 5.11 Å². The van der Waals surface area contributed by atoms with E-state index in [4.69, 9.17) is 0 Å². The molecule has 0 fully saturated rings. The molecule has 0 aliphatic heterocycles. The molecule has 0 aromatic heterocycles. The second kappa shape index (κ2) is 10.2. The molecule has 22 heavy (non-hydrogen) atoms. The molecule has 0 saturated heterocycles. The minimum Gasteiger partial charge on any atom is -0.378 e. The van der Waals surface area contributed by atoms with Crippen LogP contribution in [0.15, 0.2) is 30.0 Å². The Labute approximate surface area is 135 Å². The summed E-state index contributed by atoms with van der Waals surface area (Å²) >= 11 is 0. The number of aliphatic hydroxyl groups is 1. The number of rotatable bonds is 9. The van der Waals surface area contributed by atoms with E-state index in [9.17, 15) is 5.11 Å². The molecule has 0 spiro atoms. The van der Waals surface area contributed by atoms with Gasteiger partial charge in [-0.3, -0.25) is 15.8 Å². The molecule has 0 aliphatic carbocycles. The molecule has 124 valence electrons. The van der Waals surface area contributed by atoms with Gasteiger partial charge in [-0.1, -0.05) is 31.9 Å². The SMILES string of the molecule is C=CN(CC)C(=C)C=NC(C#CC(C)(C)O)C(C)NNCC. The number of hydrazine groups is 1. The molecule has 3 N–H and O–H groups in total. The van der Waals surface area contributed by atoms with Gasteiger partial charge in [-0.25, -0.2) is 0 Å². The van der Waals surface area contributed by atoms with E-state index < -0.39 is 5.60 Å². The van der Waals surface area contributed by atoms with E-state index in [2.05, 4.69) is 40.8 Å². The first-order chi connectivity index (χ1) is 10.2. The standard InChI is InChI=1S/C17H30N4O/c1-8-19-20-15(5)16(11-12-17(6,7)22)18-13-14(4)21(9-2)10-3/h9,13,15-16,19-20,22H,2,4,8,10H2,1,3,5-7H3. The lowest BCUT2D eigenvalue weighted by Crippen LogP contribution is -2.44. The van der Waals surface area contributed by atoms with Gasteiger partial charge in [-0.05, 0) is 33.9 Å². The molecule has 5 nitrogen and oxygen atoms in total. The zero-order valence-corrected chi connectivity index (χ0v) is 14.5. The maximum atomic E-state index is 9.77. The zero-order chi connectivity index (χ0) is 17.2. The van der Waals surface area contributed by atoms with Gasteiger partial charge >= 0.3 is 0 Å². The highest BCUT2D eigenvalue weighted by atomic mass is 16.3. The van der Waals surface area contributed by atoms with Crippen LogP contribution in [0.3, 0.4) is 0 Å². The van der Waals surface area contributed by atoms with Gasteiger partial charge in [0.25, 0.3) is 0 Å². The van der Waals surface area contributed by atoms with Crippen molar-refractivity contribution in [3.63, 3.8) is 0 Å². The molecule has 5 heteroatoms. The average Bonchev–Trinajstić information content (AvgIpc) is 2.44. The summed E-state index contributed by atoms with van der Waals surface area (Å²) < 4.78 is 0. The molecular formula is C17H30N4O. The maximum absolute atomic E-state index is 9.77. The van der Waals surface area contributed by atoms with Crippen molar-refractivity contribution >= 4 is 6.21 Å². The maximum Gasteiger partial charge on any atom is 0.127 e. The van der Waals surface area contributed by atoms with Crippen LogP contribution in [0.4, 0.5) is 0 Å². The van der Waals surface area contributed by atoms with Crippen LogP contribution in [-0.2, 0) is 0 Å². The fraction of sp³-hybridized carbons (Fsp3) is 0.588. The lowest BCUT2D eigenvalue weighted by molar-refractivity contribution is 0.143. The van der Waals surface area contributed by atoms with Crippen LogP contribution in [0.1, 0.15) is 34.6 Å². The first-order valence-electron chi connectivity index (χ1n) is 7.59. The molecule has 2 atom stereocenters. The second-order valence-electron chi connectivity index (χ2n) is 5.47. The van der Waals surface area contributed by atoms with Gasteiger partial charge < -0.3 is 10.0 Å². The lowest BCUT2D eigenvalue weighted by Gasteiger charge is -2.20. The fourth-order valence-corrected chi connectivity index (χ4v) is 1.57. The summed E-state index contributed by atoms with van der Waals surface area (Å²) in [5.41, 5.74) is 5.90. The molecule has 0 amide bonds. The molecule has 0 aliphatic rings.